The van der Waals surface area contributed by atoms with Gasteiger partial charge in [0.05, 0.1) is 25.8 Å². The summed E-state index contributed by atoms with van der Waals surface area (Å²) >= 11 is 1.65. The fraction of sp³-hybridized carbons (Fsp3) is 0.208. The van der Waals surface area contributed by atoms with E-state index in [1.807, 2.05) is 29.6 Å². The predicted octanol–water partition coefficient (Wildman–Crippen LogP) is 5.51. The van der Waals surface area contributed by atoms with Crippen LogP contribution in [0, 0.1) is 0 Å². The number of rotatable bonds is 7. The van der Waals surface area contributed by atoms with Crippen LogP contribution in [0.15, 0.2) is 70.7 Å². The van der Waals surface area contributed by atoms with E-state index in [9.17, 15) is 4.79 Å². The zero-order chi connectivity index (χ0) is 20.2. The van der Waals surface area contributed by atoms with Crippen LogP contribution in [-0.4, -0.2) is 13.0 Å². The highest BCUT2D eigenvalue weighted by atomic mass is 32.1. The second-order valence-electron chi connectivity index (χ2n) is 6.91. The Morgan fingerprint density at radius 2 is 2.00 bits per heavy atom. The number of benzene rings is 2. The number of carbonyl (C=O) groups is 1. The molecule has 148 valence electrons. The molecule has 1 atom stereocenters. The molecule has 4 aromatic rings. The van der Waals surface area contributed by atoms with Gasteiger partial charge in [-0.05, 0) is 41.1 Å². The first kappa shape index (κ1) is 19.3. The minimum atomic E-state index is -0.160. The van der Waals surface area contributed by atoms with E-state index in [2.05, 4.69) is 42.6 Å². The summed E-state index contributed by atoms with van der Waals surface area (Å²) in [5, 5.41) is 6.17. The first-order valence-corrected chi connectivity index (χ1v) is 10.5. The van der Waals surface area contributed by atoms with Crippen LogP contribution >= 0.6 is 11.3 Å². The van der Waals surface area contributed by atoms with E-state index >= 15 is 0 Å². The molecule has 1 N–H and O–H groups in total. The Kier molecular flexibility index (Phi) is 5.67. The van der Waals surface area contributed by atoms with Crippen molar-refractivity contribution in [2.75, 3.05) is 7.11 Å². The molecule has 0 bridgehead atoms. The maximum Gasteiger partial charge on any atom is 0.225 e. The van der Waals surface area contributed by atoms with Crippen molar-refractivity contribution in [1.82, 2.24) is 5.32 Å². The molecule has 2 aromatic carbocycles. The zero-order valence-corrected chi connectivity index (χ0v) is 17.3. The van der Waals surface area contributed by atoms with Crippen molar-refractivity contribution in [3.63, 3.8) is 0 Å². The number of aryl methyl sites for hydroxylation is 1. The van der Waals surface area contributed by atoms with Gasteiger partial charge in [0.1, 0.15) is 11.3 Å². The van der Waals surface area contributed by atoms with Gasteiger partial charge in [-0.25, -0.2) is 0 Å². The van der Waals surface area contributed by atoms with Crippen molar-refractivity contribution in [3.8, 4) is 5.75 Å². The molecule has 4 nitrogen and oxygen atoms in total. The number of amides is 1. The molecule has 0 saturated heterocycles. The molecule has 29 heavy (non-hydrogen) atoms. The van der Waals surface area contributed by atoms with E-state index in [4.69, 9.17) is 9.15 Å². The lowest BCUT2D eigenvalue weighted by Gasteiger charge is -2.18. The molecule has 0 saturated carbocycles. The standard InChI is InChI=1S/C24H23NO3S/c1-3-16-6-8-17(9-7-16)24(22-5-4-12-29-22)25-23(26)13-18-15-28-21-14-19(27-2)10-11-20(18)21/h4-12,14-15,24H,3,13H2,1-2H3,(H,25,26)/t24-/m0/s1. The summed E-state index contributed by atoms with van der Waals surface area (Å²) < 4.78 is 10.9. The Bertz CT molecular complexity index is 1100. The molecule has 0 aliphatic carbocycles. The molecule has 0 unspecified atom stereocenters. The first-order chi connectivity index (χ1) is 14.2. The highest BCUT2D eigenvalue weighted by Crippen LogP contribution is 2.28. The number of carbonyl (C=O) groups excluding carboxylic acids is 1. The van der Waals surface area contributed by atoms with E-state index < -0.39 is 0 Å². The van der Waals surface area contributed by atoms with Crippen molar-refractivity contribution < 1.29 is 13.9 Å². The van der Waals surface area contributed by atoms with E-state index in [0.717, 1.165) is 39.1 Å². The van der Waals surface area contributed by atoms with Crippen LogP contribution in [0.3, 0.4) is 0 Å². The van der Waals surface area contributed by atoms with E-state index in [1.165, 1.54) is 5.56 Å². The summed E-state index contributed by atoms with van der Waals surface area (Å²) in [7, 11) is 1.62. The van der Waals surface area contributed by atoms with Crippen molar-refractivity contribution in [3.05, 3.63) is 87.8 Å². The van der Waals surface area contributed by atoms with Crippen molar-refractivity contribution in [2.24, 2.45) is 0 Å². The van der Waals surface area contributed by atoms with Crippen molar-refractivity contribution in [1.29, 1.82) is 0 Å². The fourth-order valence-corrected chi connectivity index (χ4v) is 4.23. The van der Waals surface area contributed by atoms with Gasteiger partial charge in [0.15, 0.2) is 0 Å². The molecule has 0 fully saturated rings. The van der Waals surface area contributed by atoms with Crippen molar-refractivity contribution in [2.45, 2.75) is 25.8 Å². The lowest BCUT2D eigenvalue weighted by Crippen LogP contribution is -2.30. The Balaban J connectivity index is 1.55. The first-order valence-electron chi connectivity index (χ1n) is 9.63. The van der Waals surface area contributed by atoms with E-state index in [0.29, 0.717) is 0 Å². The number of fused-ring (bicyclic) bond motifs is 1. The lowest BCUT2D eigenvalue weighted by molar-refractivity contribution is -0.120. The minimum Gasteiger partial charge on any atom is -0.497 e. The lowest BCUT2D eigenvalue weighted by atomic mass is 10.0. The number of nitrogens with one attached hydrogen (secondary N) is 1. The Morgan fingerprint density at radius 1 is 1.17 bits per heavy atom. The maximum absolute atomic E-state index is 12.9. The topological polar surface area (TPSA) is 51.5 Å². The van der Waals surface area contributed by atoms with Crippen LogP contribution in [0.4, 0.5) is 0 Å². The molecule has 2 aromatic heterocycles. The monoisotopic (exact) mass is 405 g/mol. The Morgan fingerprint density at radius 3 is 2.69 bits per heavy atom. The Hall–Kier alpha value is -3.05. The smallest absolute Gasteiger partial charge is 0.225 e. The minimum absolute atomic E-state index is 0.0403. The van der Waals surface area contributed by atoms with Gasteiger partial charge in [-0.3, -0.25) is 4.79 Å². The van der Waals surface area contributed by atoms with Gasteiger partial charge >= 0.3 is 0 Å². The highest BCUT2D eigenvalue weighted by molar-refractivity contribution is 7.10. The van der Waals surface area contributed by atoms with Crippen LogP contribution in [0.25, 0.3) is 11.0 Å². The quantitative estimate of drug-likeness (QED) is 0.441. The third-order valence-electron chi connectivity index (χ3n) is 5.07. The second kappa shape index (κ2) is 8.53. The molecule has 0 radical (unpaired) electrons. The predicted molar refractivity (Wildman–Crippen MR) is 117 cm³/mol. The summed E-state index contributed by atoms with van der Waals surface area (Å²) in [4.78, 5) is 14.0. The van der Waals surface area contributed by atoms with Gasteiger partial charge in [-0.2, -0.15) is 0 Å². The van der Waals surface area contributed by atoms with Crippen molar-refractivity contribution >= 4 is 28.2 Å². The largest absolute Gasteiger partial charge is 0.497 e. The number of hydrogen-bond donors (Lipinski definition) is 1. The van der Waals surface area contributed by atoms with Gasteiger partial charge in [-0.1, -0.05) is 37.3 Å². The third kappa shape index (κ3) is 4.20. The van der Waals surface area contributed by atoms with Gasteiger partial charge in [0, 0.05) is 21.9 Å². The average Bonchev–Trinajstić information content (AvgIpc) is 3.42. The van der Waals surface area contributed by atoms with Gasteiger partial charge in [-0.15, -0.1) is 11.3 Å². The number of ether oxygens (including phenoxy) is 1. The number of thiophene rings is 1. The second-order valence-corrected chi connectivity index (χ2v) is 7.89. The highest BCUT2D eigenvalue weighted by Gasteiger charge is 2.19. The van der Waals surface area contributed by atoms with E-state index in [-0.39, 0.29) is 18.4 Å². The van der Waals surface area contributed by atoms with Crippen LogP contribution < -0.4 is 10.1 Å². The Labute approximate surface area is 174 Å². The molecule has 1 amide bonds. The van der Waals surface area contributed by atoms with E-state index in [1.54, 1.807) is 24.7 Å². The molecule has 0 aliphatic heterocycles. The molecule has 5 heteroatoms. The molecule has 0 spiro atoms. The molecule has 2 heterocycles. The van der Waals surface area contributed by atoms with Gasteiger partial charge in [0.2, 0.25) is 5.91 Å². The average molecular weight is 406 g/mol. The van der Waals surface area contributed by atoms with Gasteiger partial charge in [0.25, 0.3) is 0 Å². The third-order valence-corrected chi connectivity index (χ3v) is 6.01. The zero-order valence-electron chi connectivity index (χ0n) is 16.5. The molecular formula is C24H23NO3S. The van der Waals surface area contributed by atoms with Crippen LogP contribution in [0.2, 0.25) is 0 Å². The number of methoxy groups -OCH3 is 1. The summed E-state index contributed by atoms with van der Waals surface area (Å²) in [5.74, 6) is 0.692. The number of hydrogen-bond acceptors (Lipinski definition) is 4. The molecule has 4 rings (SSSR count). The number of furan rings is 1. The van der Waals surface area contributed by atoms with Gasteiger partial charge < -0.3 is 14.5 Å². The summed E-state index contributed by atoms with van der Waals surface area (Å²) in [6.07, 6.45) is 2.91. The maximum atomic E-state index is 12.9. The normalized spacial score (nSPS) is 12.1. The summed E-state index contributed by atoms with van der Waals surface area (Å²) in [6, 6.07) is 18.0. The van der Waals surface area contributed by atoms with Crippen LogP contribution in [-0.2, 0) is 17.6 Å². The summed E-state index contributed by atoms with van der Waals surface area (Å²) in [6.45, 7) is 2.14. The summed E-state index contributed by atoms with van der Waals surface area (Å²) in [5.41, 5.74) is 3.95. The molecular weight excluding hydrogens is 382 g/mol. The SMILES string of the molecule is CCc1ccc([C@H](NC(=O)Cc2coc3cc(OC)ccc23)c2cccs2)cc1. The van der Waals surface area contributed by atoms with Crippen LogP contribution in [0.1, 0.15) is 34.5 Å². The van der Waals surface area contributed by atoms with Crippen LogP contribution in [0.5, 0.6) is 5.75 Å². The molecule has 0 aliphatic rings. The fourth-order valence-electron chi connectivity index (χ4n) is 3.43.